The van der Waals surface area contributed by atoms with Crippen LogP contribution in [0.4, 0.5) is 0 Å². The molecule has 4 heteroatoms. The van der Waals surface area contributed by atoms with Gasteiger partial charge in [-0.05, 0) is 12.1 Å². The maximum Gasteiger partial charge on any atom is 0.255 e. The number of hydrogen-bond donors (Lipinski definition) is 1. The zero-order valence-electron chi connectivity index (χ0n) is 8.45. The molecule has 1 aromatic heterocycles. The monoisotopic (exact) mass is 214 g/mol. The largest absolute Gasteiger partial charge is 0.507 e. The molecule has 0 saturated carbocycles. The van der Waals surface area contributed by atoms with Crippen LogP contribution in [0, 0.1) is 0 Å². The van der Waals surface area contributed by atoms with Crippen molar-refractivity contribution in [2.75, 3.05) is 0 Å². The van der Waals surface area contributed by atoms with Gasteiger partial charge in [0.1, 0.15) is 12.1 Å². The zero-order chi connectivity index (χ0) is 11.4. The normalized spacial score (nSPS) is 10.8. The highest BCUT2D eigenvalue weighted by Gasteiger charge is 1.99. The number of carbonyl (C=O) groups excluding carboxylic acids is 1. The van der Waals surface area contributed by atoms with Crippen LogP contribution in [0.2, 0.25) is 0 Å². The van der Waals surface area contributed by atoms with Crippen molar-refractivity contribution < 1.29 is 9.90 Å². The second-order valence-corrected chi connectivity index (χ2v) is 3.20. The Hall–Kier alpha value is -2.36. The fourth-order valence-electron chi connectivity index (χ4n) is 1.27. The van der Waals surface area contributed by atoms with Gasteiger partial charge in [-0.1, -0.05) is 18.2 Å². The number of carbonyl (C=O) groups is 1. The quantitative estimate of drug-likeness (QED) is 0.777. The molecule has 0 saturated heterocycles. The van der Waals surface area contributed by atoms with Gasteiger partial charge < -0.3 is 5.11 Å². The van der Waals surface area contributed by atoms with Crippen LogP contribution in [0.1, 0.15) is 10.4 Å². The molecule has 4 nitrogen and oxygen atoms in total. The molecule has 1 aromatic carbocycles. The van der Waals surface area contributed by atoms with Crippen LogP contribution in [-0.2, 0) is 0 Å². The summed E-state index contributed by atoms with van der Waals surface area (Å²) in [4.78, 5) is 15.3. The Bertz CT molecular complexity index is 516. The highest BCUT2D eigenvalue weighted by atomic mass is 16.3. The van der Waals surface area contributed by atoms with E-state index in [1.165, 1.54) is 23.2 Å². The van der Waals surface area contributed by atoms with E-state index in [2.05, 4.69) is 4.98 Å². The minimum absolute atomic E-state index is 0.150. The lowest BCUT2D eigenvalue weighted by Gasteiger charge is -1.97. The lowest BCUT2D eigenvalue weighted by atomic mass is 10.2. The van der Waals surface area contributed by atoms with Gasteiger partial charge in [-0.15, -0.1) is 0 Å². The number of benzene rings is 1. The number of phenols is 1. The van der Waals surface area contributed by atoms with E-state index >= 15 is 0 Å². The molecule has 0 amide bonds. The number of rotatable bonds is 2. The van der Waals surface area contributed by atoms with Crippen LogP contribution in [0.25, 0.3) is 6.08 Å². The maximum absolute atomic E-state index is 11.5. The van der Waals surface area contributed by atoms with Crippen molar-refractivity contribution in [3.63, 3.8) is 0 Å². The van der Waals surface area contributed by atoms with Crippen LogP contribution >= 0.6 is 0 Å². The minimum atomic E-state index is -0.208. The third-order valence-electron chi connectivity index (χ3n) is 2.10. The number of allylic oxidation sites excluding steroid dienone is 1. The molecule has 0 aliphatic rings. The van der Waals surface area contributed by atoms with E-state index in [1.807, 2.05) is 0 Å². The molecular weight excluding hydrogens is 204 g/mol. The maximum atomic E-state index is 11.5. The summed E-state index contributed by atoms with van der Waals surface area (Å²) in [5.41, 5.74) is 0.607. The van der Waals surface area contributed by atoms with Crippen LogP contribution in [0.15, 0.2) is 49.1 Å². The van der Waals surface area contributed by atoms with Gasteiger partial charge in [0.15, 0.2) is 0 Å². The summed E-state index contributed by atoms with van der Waals surface area (Å²) in [7, 11) is 0. The first kappa shape index (κ1) is 10.2. The van der Waals surface area contributed by atoms with Crippen molar-refractivity contribution in [3.8, 4) is 5.75 Å². The zero-order valence-corrected chi connectivity index (χ0v) is 8.45. The number of para-hydroxylation sites is 1. The molecule has 0 aliphatic carbocycles. The molecular formula is C12H10N2O2. The molecule has 1 heterocycles. The first-order valence-corrected chi connectivity index (χ1v) is 4.76. The Morgan fingerprint density at radius 3 is 2.88 bits per heavy atom. The Morgan fingerprint density at radius 2 is 2.19 bits per heavy atom. The predicted octanol–water partition coefficient (Wildman–Crippen LogP) is 1.94. The van der Waals surface area contributed by atoms with Crippen molar-refractivity contribution in [2.45, 2.75) is 0 Å². The Morgan fingerprint density at radius 1 is 1.38 bits per heavy atom. The van der Waals surface area contributed by atoms with Crippen molar-refractivity contribution in [1.29, 1.82) is 0 Å². The second-order valence-electron chi connectivity index (χ2n) is 3.20. The summed E-state index contributed by atoms with van der Waals surface area (Å²) in [6, 6.07) is 6.82. The summed E-state index contributed by atoms with van der Waals surface area (Å²) in [5, 5.41) is 9.47. The van der Waals surface area contributed by atoms with Gasteiger partial charge in [-0.3, -0.25) is 9.36 Å². The van der Waals surface area contributed by atoms with Gasteiger partial charge in [0, 0.05) is 24.0 Å². The highest BCUT2D eigenvalue weighted by Crippen LogP contribution is 2.16. The molecule has 0 atom stereocenters. The average Bonchev–Trinajstić information content (AvgIpc) is 2.81. The van der Waals surface area contributed by atoms with Crippen LogP contribution in [0.5, 0.6) is 5.75 Å². The Labute approximate surface area is 92.5 Å². The summed E-state index contributed by atoms with van der Waals surface area (Å²) < 4.78 is 1.36. The van der Waals surface area contributed by atoms with Crippen molar-refractivity contribution in [1.82, 2.24) is 9.55 Å². The topological polar surface area (TPSA) is 55.1 Å². The van der Waals surface area contributed by atoms with Gasteiger partial charge in [0.05, 0.1) is 0 Å². The molecule has 0 radical (unpaired) electrons. The molecule has 16 heavy (non-hydrogen) atoms. The van der Waals surface area contributed by atoms with Gasteiger partial charge >= 0.3 is 0 Å². The standard InChI is InChI=1S/C12H10N2O2/c15-11-4-2-1-3-10(11)5-6-12(16)14-8-7-13-9-14/h1-9,15H. The molecule has 0 bridgehead atoms. The van der Waals surface area contributed by atoms with Crippen molar-refractivity contribution in [2.24, 2.45) is 0 Å². The van der Waals surface area contributed by atoms with E-state index in [0.29, 0.717) is 5.56 Å². The first-order valence-electron chi connectivity index (χ1n) is 4.76. The Balaban J connectivity index is 2.16. The molecule has 0 unspecified atom stereocenters. The third-order valence-corrected chi connectivity index (χ3v) is 2.10. The average molecular weight is 214 g/mol. The molecule has 0 spiro atoms. The fraction of sp³-hybridized carbons (Fsp3) is 0. The highest BCUT2D eigenvalue weighted by molar-refractivity contribution is 5.93. The van der Waals surface area contributed by atoms with E-state index in [-0.39, 0.29) is 11.7 Å². The molecule has 0 aliphatic heterocycles. The van der Waals surface area contributed by atoms with E-state index in [0.717, 1.165) is 0 Å². The lowest BCUT2D eigenvalue weighted by molar-refractivity contribution is 0.0969. The molecule has 80 valence electrons. The van der Waals surface area contributed by atoms with Crippen molar-refractivity contribution in [3.05, 3.63) is 54.6 Å². The summed E-state index contributed by atoms with van der Waals surface area (Å²) in [5.74, 6) is -0.0575. The first-order chi connectivity index (χ1) is 7.77. The molecule has 2 aromatic rings. The number of aromatic nitrogens is 2. The Kier molecular flexibility index (Phi) is 2.82. The summed E-state index contributed by atoms with van der Waals surface area (Å²) >= 11 is 0. The summed E-state index contributed by atoms with van der Waals surface area (Å²) in [6.45, 7) is 0. The van der Waals surface area contributed by atoms with E-state index in [4.69, 9.17) is 0 Å². The molecule has 2 rings (SSSR count). The van der Waals surface area contributed by atoms with Gasteiger partial charge in [0.2, 0.25) is 0 Å². The molecule has 1 N–H and O–H groups in total. The third kappa shape index (κ3) is 2.17. The fourth-order valence-corrected chi connectivity index (χ4v) is 1.27. The van der Waals surface area contributed by atoms with Gasteiger partial charge in [0.25, 0.3) is 5.91 Å². The van der Waals surface area contributed by atoms with Gasteiger partial charge in [-0.2, -0.15) is 0 Å². The van der Waals surface area contributed by atoms with Crippen LogP contribution in [0.3, 0.4) is 0 Å². The van der Waals surface area contributed by atoms with E-state index in [9.17, 15) is 9.90 Å². The smallest absolute Gasteiger partial charge is 0.255 e. The lowest BCUT2D eigenvalue weighted by Crippen LogP contribution is -2.03. The van der Waals surface area contributed by atoms with E-state index in [1.54, 1.807) is 36.5 Å². The second kappa shape index (κ2) is 4.44. The SMILES string of the molecule is O=C(C=Cc1ccccc1O)n1ccnc1. The van der Waals surface area contributed by atoms with Gasteiger partial charge in [-0.25, -0.2) is 4.98 Å². The van der Waals surface area contributed by atoms with Crippen LogP contribution in [-0.4, -0.2) is 20.6 Å². The van der Waals surface area contributed by atoms with Crippen molar-refractivity contribution >= 4 is 12.0 Å². The number of imidazole rings is 1. The molecule has 0 fully saturated rings. The predicted molar refractivity (Wildman–Crippen MR) is 60.0 cm³/mol. The minimum Gasteiger partial charge on any atom is -0.507 e. The van der Waals surface area contributed by atoms with E-state index < -0.39 is 0 Å². The summed E-state index contributed by atoms with van der Waals surface area (Å²) in [6.07, 6.45) is 7.48. The number of aromatic hydroxyl groups is 1. The number of phenolic OH excluding ortho intramolecular Hbond substituents is 1. The van der Waals surface area contributed by atoms with Crippen LogP contribution < -0.4 is 0 Å². The number of hydrogen-bond acceptors (Lipinski definition) is 3. The number of nitrogens with zero attached hydrogens (tertiary/aromatic N) is 2.